The first-order chi connectivity index (χ1) is 15.7. The number of halogens is 5. The molecule has 12 heteroatoms. The predicted molar refractivity (Wildman–Crippen MR) is 114 cm³/mol. The van der Waals surface area contributed by atoms with Gasteiger partial charge in [-0.3, -0.25) is 4.57 Å². The van der Waals surface area contributed by atoms with E-state index in [-0.39, 0.29) is 36.0 Å². The van der Waals surface area contributed by atoms with E-state index in [0.29, 0.717) is 13.0 Å². The number of aromatic nitrogens is 3. The van der Waals surface area contributed by atoms with Gasteiger partial charge in [0.05, 0.1) is 5.56 Å². The van der Waals surface area contributed by atoms with Crippen LogP contribution in [0.3, 0.4) is 0 Å². The van der Waals surface area contributed by atoms with Crippen molar-refractivity contribution in [3.63, 3.8) is 0 Å². The van der Waals surface area contributed by atoms with E-state index >= 15 is 0 Å². The van der Waals surface area contributed by atoms with Crippen LogP contribution in [0.15, 0.2) is 16.9 Å². The fourth-order valence-electron chi connectivity index (χ4n) is 3.24. The van der Waals surface area contributed by atoms with Gasteiger partial charge in [-0.15, -0.1) is 5.10 Å². The van der Waals surface area contributed by atoms with Crippen molar-refractivity contribution < 1.29 is 31.8 Å². The molecule has 1 aliphatic heterocycles. The summed E-state index contributed by atoms with van der Waals surface area (Å²) in [6.45, 7) is 3.28. The van der Waals surface area contributed by atoms with Crippen LogP contribution >= 0.6 is 15.9 Å². The third-order valence-corrected chi connectivity index (χ3v) is 5.21. The Bertz CT molecular complexity index is 1100. The number of hydrogen-bond acceptors (Lipinski definition) is 5. The normalized spacial score (nSPS) is 17.4. The zero-order chi connectivity index (χ0) is 24.2. The smallest absolute Gasteiger partial charge is 0.425 e. The predicted octanol–water partition coefficient (Wildman–Crippen LogP) is 4.27. The Morgan fingerprint density at radius 3 is 2.73 bits per heavy atom. The summed E-state index contributed by atoms with van der Waals surface area (Å²) in [6.07, 6.45) is -4.66. The molecule has 0 aliphatic carbocycles. The van der Waals surface area contributed by atoms with Crippen LogP contribution < -0.4 is 10.4 Å². The summed E-state index contributed by atoms with van der Waals surface area (Å²) in [4.78, 5) is 15.2. The number of benzene rings is 1. The largest absolute Gasteiger partial charge is 0.480 e. The molecule has 180 valence electrons. The van der Waals surface area contributed by atoms with Crippen LogP contribution in [-0.2, 0) is 22.6 Å². The molecule has 7 nitrogen and oxygen atoms in total. The Morgan fingerprint density at radius 1 is 1.36 bits per heavy atom. The topological polar surface area (TPSA) is 67.5 Å². The Labute approximate surface area is 195 Å². The second-order valence-corrected chi connectivity index (χ2v) is 7.68. The van der Waals surface area contributed by atoms with E-state index in [9.17, 15) is 22.4 Å². The van der Waals surface area contributed by atoms with Gasteiger partial charge in [0.15, 0.2) is 24.0 Å². The summed E-state index contributed by atoms with van der Waals surface area (Å²) in [5.41, 5.74) is -1.16. The lowest BCUT2D eigenvalue weighted by Crippen LogP contribution is -2.31. The van der Waals surface area contributed by atoms with Crippen LogP contribution in [0, 0.1) is 16.6 Å². The van der Waals surface area contributed by atoms with Gasteiger partial charge >= 0.3 is 11.9 Å². The van der Waals surface area contributed by atoms with E-state index in [0.717, 1.165) is 36.6 Å². The van der Waals surface area contributed by atoms with Crippen LogP contribution in [0.4, 0.5) is 17.6 Å². The summed E-state index contributed by atoms with van der Waals surface area (Å²) in [5.74, 6) is 1.42. The summed E-state index contributed by atoms with van der Waals surface area (Å²) in [6, 6.07) is 1.87. The molecule has 33 heavy (non-hydrogen) atoms. The lowest BCUT2D eigenvalue weighted by molar-refractivity contribution is -0.189. The summed E-state index contributed by atoms with van der Waals surface area (Å²) in [5, 5.41) is 4.16. The van der Waals surface area contributed by atoms with Crippen molar-refractivity contribution >= 4 is 15.9 Å². The van der Waals surface area contributed by atoms with Crippen molar-refractivity contribution in [2.24, 2.45) is 0 Å². The number of alkyl halides is 3. The Kier molecular flexibility index (Phi) is 8.20. The summed E-state index contributed by atoms with van der Waals surface area (Å²) < 4.78 is 72.2. The maximum atomic E-state index is 14.9. The number of nitrogens with zero attached hydrogens (tertiary/aromatic N) is 3. The van der Waals surface area contributed by atoms with Crippen LogP contribution in [0.5, 0.6) is 5.75 Å². The minimum Gasteiger partial charge on any atom is -0.480 e. The Morgan fingerprint density at radius 2 is 2.12 bits per heavy atom. The van der Waals surface area contributed by atoms with E-state index in [1.165, 1.54) is 4.57 Å². The second-order valence-electron chi connectivity index (χ2n) is 7.28. The molecule has 0 amide bonds. The molecular weight excluding hydrogens is 514 g/mol. The summed E-state index contributed by atoms with van der Waals surface area (Å²) in [7, 11) is 0. The third kappa shape index (κ3) is 5.96. The molecule has 1 fully saturated rings. The van der Waals surface area contributed by atoms with E-state index in [1.807, 2.05) is 0 Å². The fraction of sp³-hybridized carbons (Fsp3) is 0.524. The Hall–Kier alpha value is -2.36. The number of hydrogen-bond donors (Lipinski definition) is 0. The maximum Gasteiger partial charge on any atom is 0.425 e. The molecule has 0 radical (unpaired) electrons. The highest BCUT2D eigenvalue weighted by molar-refractivity contribution is 9.12. The highest BCUT2D eigenvalue weighted by atomic mass is 79.9. The first-order valence-electron chi connectivity index (χ1n) is 10.3. The first kappa shape index (κ1) is 25.3. The number of ether oxygens (including phenoxy) is 3. The second kappa shape index (κ2) is 10.7. The quantitative estimate of drug-likeness (QED) is 0.391. The van der Waals surface area contributed by atoms with Gasteiger partial charge in [0, 0.05) is 35.1 Å². The lowest BCUT2D eigenvalue weighted by Gasteiger charge is -2.22. The summed E-state index contributed by atoms with van der Waals surface area (Å²) >= 11 is 2.84. The zero-order valence-corrected chi connectivity index (χ0v) is 19.5. The molecule has 1 unspecified atom stereocenters. The van der Waals surface area contributed by atoms with E-state index < -0.39 is 30.1 Å². The van der Waals surface area contributed by atoms with Gasteiger partial charge in [0.2, 0.25) is 0 Å². The van der Waals surface area contributed by atoms with Gasteiger partial charge in [-0.1, -0.05) is 5.92 Å². The average molecular weight is 536 g/mol. The monoisotopic (exact) mass is 535 g/mol. The number of rotatable bonds is 7. The third-order valence-electron chi connectivity index (χ3n) is 5.02. The molecule has 2 aromatic rings. The van der Waals surface area contributed by atoms with Crippen molar-refractivity contribution in [3.8, 4) is 22.2 Å². The molecular formula is C21H22BrF4N3O4. The highest BCUT2D eigenvalue weighted by Crippen LogP contribution is 2.30. The molecule has 1 aromatic heterocycles. The van der Waals surface area contributed by atoms with Crippen LogP contribution in [0.1, 0.15) is 44.5 Å². The molecule has 1 saturated heterocycles. The molecule has 0 bridgehead atoms. The Balaban J connectivity index is 1.98. The fourth-order valence-corrected chi connectivity index (χ4v) is 3.45. The highest BCUT2D eigenvalue weighted by Gasteiger charge is 2.38. The molecule has 1 aromatic carbocycles. The standard InChI is InChI=1S/C21H22BrF4N3O4/c1-3-28-18(12-32-19-6-4-5-9-31-19)27-29(20(28)30)16-11-17(33-13(2)21(24,25)26)14(7-8-22)10-15(16)23/h10-11,13,19H,3-6,9,12H2,1-2H3/t13-,19?/m0/s1. The minimum atomic E-state index is -4.65. The SMILES string of the molecule is CCn1c(COC2CCCCO2)nn(-c2cc(O[C@@H](C)C(F)(F)F)c(C#CBr)cc2F)c1=O. The van der Waals surface area contributed by atoms with Crippen molar-refractivity contribution in [1.29, 1.82) is 0 Å². The lowest BCUT2D eigenvalue weighted by atomic mass is 10.1. The first-order valence-corrected chi connectivity index (χ1v) is 11.1. The van der Waals surface area contributed by atoms with Gasteiger partial charge < -0.3 is 14.2 Å². The van der Waals surface area contributed by atoms with Gasteiger partial charge in [0.25, 0.3) is 0 Å². The molecule has 0 spiro atoms. The molecule has 3 rings (SSSR count). The molecule has 2 atom stereocenters. The van der Waals surface area contributed by atoms with Gasteiger partial charge in [-0.2, -0.15) is 17.9 Å². The van der Waals surface area contributed by atoms with Gasteiger partial charge in [0.1, 0.15) is 18.0 Å². The molecule has 2 heterocycles. The molecule has 1 aliphatic rings. The van der Waals surface area contributed by atoms with E-state index in [2.05, 4.69) is 31.8 Å². The van der Waals surface area contributed by atoms with Crippen LogP contribution in [0.25, 0.3) is 5.69 Å². The average Bonchev–Trinajstić information content (AvgIpc) is 3.09. The molecule has 0 saturated carbocycles. The van der Waals surface area contributed by atoms with Crippen LogP contribution in [0.2, 0.25) is 0 Å². The van der Waals surface area contributed by atoms with Crippen molar-refractivity contribution in [2.45, 2.75) is 64.8 Å². The van der Waals surface area contributed by atoms with E-state index in [4.69, 9.17) is 14.2 Å². The van der Waals surface area contributed by atoms with Gasteiger partial charge in [-0.25, -0.2) is 9.18 Å². The van der Waals surface area contributed by atoms with Crippen molar-refractivity contribution in [2.75, 3.05) is 6.61 Å². The van der Waals surface area contributed by atoms with Crippen molar-refractivity contribution in [1.82, 2.24) is 14.3 Å². The van der Waals surface area contributed by atoms with Crippen molar-refractivity contribution in [3.05, 3.63) is 39.8 Å². The zero-order valence-electron chi connectivity index (χ0n) is 17.9. The molecule has 0 N–H and O–H groups in total. The van der Waals surface area contributed by atoms with E-state index in [1.54, 1.807) is 6.92 Å². The minimum absolute atomic E-state index is 0.0516. The van der Waals surface area contributed by atoms with Gasteiger partial charge in [-0.05, 0) is 44.0 Å². The maximum absolute atomic E-state index is 14.9. The van der Waals surface area contributed by atoms with Crippen LogP contribution in [-0.4, -0.2) is 39.5 Å².